The number of hydrogen-bond acceptors (Lipinski definition) is 4. The molecule has 2 aromatic carbocycles. The van der Waals surface area contributed by atoms with E-state index in [0.29, 0.717) is 43.7 Å². The van der Waals surface area contributed by atoms with Crippen LogP contribution < -0.4 is 14.8 Å². The molecular formula is C27H38N2O4. The molecule has 0 saturated carbocycles. The van der Waals surface area contributed by atoms with Crippen LogP contribution in [-0.4, -0.2) is 49.6 Å². The number of amides is 2. The van der Waals surface area contributed by atoms with Crippen molar-refractivity contribution < 1.29 is 19.1 Å². The van der Waals surface area contributed by atoms with Crippen LogP contribution in [0.5, 0.6) is 11.5 Å². The minimum absolute atomic E-state index is 0.0214. The summed E-state index contributed by atoms with van der Waals surface area (Å²) >= 11 is 0. The molecular weight excluding hydrogens is 416 g/mol. The summed E-state index contributed by atoms with van der Waals surface area (Å²) in [4.78, 5) is 28.1. The first-order valence-electron chi connectivity index (χ1n) is 11.8. The van der Waals surface area contributed by atoms with Crippen molar-refractivity contribution in [1.82, 2.24) is 10.2 Å². The third-order valence-corrected chi connectivity index (χ3v) is 5.95. The van der Waals surface area contributed by atoms with Gasteiger partial charge < -0.3 is 19.7 Å². The second-order valence-corrected chi connectivity index (χ2v) is 8.25. The van der Waals surface area contributed by atoms with E-state index in [1.807, 2.05) is 69.3 Å². The molecule has 6 heteroatoms. The fourth-order valence-electron chi connectivity index (χ4n) is 3.77. The fraction of sp³-hybridized carbons (Fsp3) is 0.481. The summed E-state index contributed by atoms with van der Waals surface area (Å²) in [7, 11) is 3.20. The molecule has 0 bridgehead atoms. The number of nitrogens with zero attached hydrogens (tertiary/aromatic N) is 1. The molecule has 2 rings (SSSR count). The number of hydrogen-bond donors (Lipinski definition) is 1. The SMILES string of the molecule is CC[C@@H](C)NC(=O)[C@H](CC)N(CCc1ccccc1)C(=O)CCc1ccc(OC)c(OC)c1. The van der Waals surface area contributed by atoms with Gasteiger partial charge in [0.1, 0.15) is 6.04 Å². The normalized spacial score (nSPS) is 12.5. The van der Waals surface area contributed by atoms with Crippen LogP contribution in [0.25, 0.3) is 0 Å². The van der Waals surface area contributed by atoms with Gasteiger partial charge in [0.05, 0.1) is 14.2 Å². The first-order valence-corrected chi connectivity index (χ1v) is 11.8. The van der Waals surface area contributed by atoms with Crippen molar-refractivity contribution in [1.29, 1.82) is 0 Å². The molecule has 0 saturated heterocycles. The summed E-state index contributed by atoms with van der Waals surface area (Å²) in [5, 5.41) is 3.05. The van der Waals surface area contributed by atoms with Crippen LogP contribution in [-0.2, 0) is 22.4 Å². The lowest BCUT2D eigenvalue weighted by Crippen LogP contribution is -2.51. The van der Waals surface area contributed by atoms with Crippen LogP contribution in [0.15, 0.2) is 48.5 Å². The Morgan fingerprint density at radius 3 is 2.21 bits per heavy atom. The van der Waals surface area contributed by atoms with Gasteiger partial charge in [-0.15, -0.1) is 0 Å². The number of aryl methyl sites for hydroxylation is 1. The van der Waals surface area contributed by atoms with Crippen LogP contribution in [0.3, 0.4) is 0 Å². The zero-order valence-electron chi connectivity index (χ0n) is 20.6. The van der Waals surface area contributed by atoms with E-state index in [2.05, 4.69) is 5.32 Å². The highest BCUT2D eigenvalue weighted by Crippen LogP contribution is 2.28. The molecule has 0 aliphatic rings. The molecule has 180 valence electrons. The molecule has 33 heavy (non-hydrogen) atoms. The molecule has 0 aliphatic heterocycles. The third kappa shape index (κ3) is 7.81. The topological polar surface area (TPSA) is 67.9 Å². The van der Waals surface area contributed by atoms with Gasteiger partial charge in [-0.05, 0) is 55.9 Å². The predicted molar refractivity (Wildman–Crippen MR) is 132 cm³/mol. The molecule has 0 radical (unpaired) electrons. The Bertz CT molecular complexity index is 885. The Morgan fingerprint density at radius 1 is 0.909 bits per heavy atom. The van der Waals surface area contributed by atoms with Crippen LogP contribution in [0.2, 0.25) is 0 Å². The molecule has 0 unspecified atom stereocenters. The predicted octanol–water partition coefficient (Wildman–Crippen LogP) is 4.40. The van der Waals surface area contributed by atoms with Crippen molar-refractivity contribution in [3.05, 3.63) is 59.7 Å². The highest BCUT2D eigenvalue weighted by Gasteiger charge is 2.28. The number of carbonyl (C=O) groups excluding carboxylic acids is 2. The average Bonchev–Trinajstić information content (AvgIpc) is 2.85. The smallest absolute Gasteiger partial charge is 0.243 e. The molecule has 2 aromatic rings. The van der Waals surface area contributed by atoms with Gasteiger partial charge in [-0.25, -0.2) is 0 Å². The molecule has 0 fully saturated rings. The molecule has 0 spiro atoms. The Morgan fingerprint density at radius 2 is 1.61 bits per heavy atom. The number of nitrogens with one attached hydrogen (secondary N) is 1. The number of rotatable bonds is 13. The van der Waals surface area contributed by atoms with E-state index in [1.54, 1.807) is 19.1 Å². The lowest BCUT2D eigenvalue weighted by molar-refractivity contribution is -0.141. The minimum Gasteiger partial charge on any atom is -0.493 e. The van der Waals surface area contributed by atoms with Crippen molar-refractivity contribution in [3.63, 3.8) is 0 Å². The van der Waals surface area contributed by atoms with E-state index in [4.69, 9.17) is 9.47 Å². The van der Waals surface area contributed by atoms with Crippen LogP contribution >= 0.6 is 0 Å². The fourth-order valence-corrected chi connectivity index (χ4v) is 3.77. The first kappa shape index (κ1) is 26.2. The maximum atomic E-state index is 13.4. The minimum atomic E-state index is -0.486. The summed E-state index contributed by atoms with van der Waals surface area (Å²) in [6, 6.07) is 15.3. The molecule has 2 atom stereocenters. The summed E-state index contributed by atoms with van der Waals surface area (Å²) in [5.74, 6) is 1.19. The zero-order valence-corrected chi connectivity index (χ0v) is 20.6. The van der Waals surface area contributed by atoms with Crippen LogP contribution in [0.4, 0.5) is 0 Å². The Balaban J connectivity index is 2.16. The Kier molecular flexibility index (Phi) is 10.7. The van der Waals surface area contributed by atoms with Gasteiger partial charge in [0.2, 0.25) is 11.8 Å². The standard InChI is InChI=1S/C27H38N2O4/c1-6-20(3)28-27(31)23(7-2)29(18-17-21-11-9-8-10-12-21)26(30)16-14-22-13-15-24(32-4)25(19-22)33-5/h8-13,15,19-20,23H,6-7,14,16-18H2,1-5H3,(H,28,31)/t20-,23+/m1/s1. The summed E-state index contributed by atoms with van der Waals surface area (Å²) in [5.41, 5.74) is 2.13. The van der Waals surface area contributed by atoms with Gasteiger partial charge in [0.15, 0.2) is 11.5 Å². The number of methoxy groups -OCH3 is 2. The monoisotopic (exact) mass is 454 g/mol. The van der Waals surface area contributed by atoms with Gasteiger partial charge >= 0.3 is 0 Å². The highest BCUT2D eigenvalue weighted by molar-refractivity contribution is 5.88. The number of benzene rings is 2. The van der Waals surface area contributed by atoms with Crippen molar-refractivity contribution in [2.24, 2.45) is 0 Å². The lowest BCUT2D eigenvalue weighted by atomic mass is 10.0. The van der Waals surface area contributed by atoms with E-state index in [0.717, 1.165) is 17.5 Å². The van der Waals surface area contributed by atoms with Crippen molar-refractivity contribution in [2.45, 2.75) is 65.0 Å². The third-order valence-electron chi connectivity index (χ3n) is 5.95. The highest BCUT2D eigenvalue weighted by atomic mass is 16.5. The van der Waals surface area contributed by atoms with Gasteiger partial charge in [-0.3, -0.25) is 9.59 Å². The van der Waals surface area contributed by atoms with Crippen LogP contribution in [0.1, 0.15) is 51.2 Å². The second-order valence-electron chi connectivity index (χ2n) is 8.25. The Labute approximate surface area is 198 Å². The van der Waals surface area contributed by atoms with Crippen LogP contribution in [0, 0.1) is 0 Å². The van der Waals surface area contributed by atoms with E-state index in [1.165, 1.54) is 0 Å². The molecule has 1 N–H and O–H groups in total. The summed E-state index contributed by atoms with van der Waals surface area (Å²) in [6.45, 7) is 6.48. The van der Waals surface area contributed by atoms with E-state index in [9.17, 15) is 9.59 Å². The lowest BCUT2D eigenvalue weighted by Gasteiger charge is -2.31. The molecule has 6 nitrogen and oxygen atoms in total. The maximum absolute atomic E-state index is 13.4. The zero-order chi connectivity index (χ0) is 24.2. The van der Waals surface area contributed by atoms with Gasteiger partial charge in [0, 0.05) is 19.0 Å². The largest absolute Gasteiger partial charge is 0.493 e. The van der Waals surface area contributed by atoms with Crippen molar-refractivity contribution in [2.75, 3.05) is 20.8 Å². The first-order chi connectivity index (χ1) is 15.9. The van der Waals surface area contributed by atoms with E-state index < -0.39 is 6.04 Å². The summed E-state index contributed by atoms with van der Waals surface area (Å²) < 4.78 is 10.7. The van der Waals surface area contributed by atoms with Crippen molar-refractivity contribution in [3.8, 4) is 11.5 Å². The quantitative estimate of drug-likeness (QED) is 0.487. The molecule has 0 heterocycles. The van der Waals surface area contributed by atoms with Gasteiger partial charge in [-0.1, -0.05) is 50.2 Å². The number of carbonyl (C=O) groups is 2. The summed E-state index contributed by atoms with van der Waals surface area (Å²) in [6.07, 6.45) is 3.00. The van der Waals surface area contributed by atoms with Crippen molar-refractivity contribution >= 4 is 11.8 Å². The Hall–Kier alpha value is -3.02. The molecule has 2 amide bonds. The average molecular weight is 455 g/mol. The van der Waals surface area contributed by atoms with E-state index >= 15 is 0 Å². The van der Waals surface area contributed by atoms with Gasteiger partial charge in [0.25, 0.3) is 0 Å². The molecule has 0 aromatic heterocycles. The molecule has 0 aliphatic carbocycles. The van der Waals surface area contributed by atoms with Gasteiger partial charge in [-0.2, -0.15) is 0 Å². The van der Waals surface area contributed by atoms with E-state index in [-0.39, 0.29) is 17.9 Å². The maximum Gasteiger partial charge on any atom is 0.243 e. The number of ether oxygens (including phenoxy) is 2. The second kappa shape index (κ2) is 13.5.